The van der Waals surface area contributed by atoms with Crippen LogP contribution in [0.5, 0.6) is 0 Å². The molecule has 68 valence electrons. The minimum atomic E-state index is -2.19. The first-order valence-electron chi connectivity index (χ1n) is 3.42. The highest BCUT2D eigenvalue weighted by Crippen LogP contribution is 2.02. The van der Waals surface area contributed by atoms with Gasteiger partial charge in [0.15, 0.2) is 0 Å². The van der Waals surface area contributed by atoms with Crippen LogP contribution in [-0.4, -0.2) is 18.7 Å². The summed E-state index contributed by atoms with van der Waals surface area (Å²) in [5, 5.41) is 8.54. The van der Waals surface area contributed by atoms with Gasteiger partial charge in [0.05, 0.1) is 17.0 Å². The molecule has 1 atom stereocenters. The summed E-state index contributed by atoms with van der Waals surface area (Å²) in [6, 6.07) is 1.90. The third-order valence-electron chi connectivity index (χ3n) is 1.40. The highest BCUT2D eigenvalue weighted by molar-refractivity contribution is 7.78. The van der Waals surface area contributed by atoms with Crippen LogP contribution >= 0.6 is 0 Å². The number of aryl methyl sites for hydroxylation is 1. The van der Waals surface area contributed by atoms with Crippen LogP contribution in [0.25, 0.3) is 0 Å². The van der Waals surface area contributed by atoms with Crippen molar-refractivity contribution < 1.29 is 8.76 Å². The highest BCUT2D eigenvalue weighted by Gasteiger charge is 2.01. The molecule has 0 fully saturated rings. The molecule has 0 aliphatic rings. The van der Waals surface area contributed by atoms with E-state index in [2.05, 4.69) is 9.97 Å². The monoisotopic (exact) mass is 196 g/mol. The molecule has 0 saturated heterocycles. The van der Waals surface area contributed by atoms with Crippen molar-refractivity contribution in [2.24, 2.45) is 0 Å². The van der Waals surface area contributed by atoms with Crippen LogP contribution in [0.2, 0.25) is 0 Å². The van der Waals surface area contributed by atoms with Gasteiger partial charge in [-0.2, -0.15) is 5.26 Å². The molecular weight excluding hydrogens is 190 g/mol. The molecule has 0 bridgehead atoms. The summed E-state index contributed by atoms with van der Waals surface area (Å²) in [5.41, 5.74) is 0.860. The van der Waals surface area contributed by atoms with Crippen molar-refractivity contribution in [3.8, 4) is 6.07 Å². The number of hydrogen-bond donors (Lipinski definition) is 0. The van der Waals surface area contributed by atoms with Crippen LogP contribution in [-0.2, 0) is 16.8 Å². The predicted octanol–water partition coefficient (Wildman–Crippen LogP) is 0.0358. The largest absolute Gasteiger partial charge is 0.772 e. The lowest BCUT2D eigenvalue weighted by molar-refractivity contribution is 0.534. The predicted molar refractivity (Wildman–Crippen MR) is 44.1 cm³/mol. The lowest BCUT2D eigenvalue weighted by atomic mass is 10.3. The Balaban J connectivity index is 2.97. The Hall–Kier alpha value is -1.32. The highest BCUT2D eigenvalue weighted by atomic mass is 32.2. The molecule has 0 aromatic carbocycles. The van der Waals surface area contributed by atoms with Crippen molar-refractivity contribution in [1.29, 1.82) is 5.26 Å². The first-order valence-corrected chi connectivity index (χ1v) is 4.66. The average Bonchev–Trinajstić information content (AvgIpc) is 2.03. The molecule has 6 heteroatoms. The van der Waals surface area contributed by atoms with Gasteiger partial charge >= 0.3 is 0 Å². The van der Waals surface area contributed by atoms with Gasteiger partial charge in [0.2, 0.25) is 0 Å². The summed E-state index contributed by atoms with van der Waals surface area (Å²) in [7, 11) is 0. The molecule has 0 spiro atoms. The van der Waals surface area contributed by atoms with E-state index in [0.717, 1.165) is 0 Å². The quantitative estimate of drug-likeness (QED) is 0.623. The molecule has 0 saturated carbocycles. The number of nitriles is 1. The van der Waals surface area contributed by atoms with Gasteiger partial charge in [-0.3, -0.25) is 4.21 Å². The molecule has 5 nitrogen and oxygen atoms in total. The number of nitrogens with zero attached hydrogens (tertiary/aromatic N) is 3. The molecule has 1 heterocycles. The maximum Gasteiger partial charge on any atom is 0.139 e. The van der Waals surface area contributed by atoms with Gasteiger partial charge in [0.25, 0.3) is 0 Å². The Morgan fingerprint density at radius 3 is 2.92 bits per heavy atom. The SMILES string of the molecule is Cc1nc(CS(=O)[O-])ncc1C#N. The van der Waals surface area contributed by atoms with Crippen LogP contribution in [0.3, 0.4) is 0 Å². The first-order chi connectivity index (χ1) is 6.13. The fraction of sp³-hybridized carbons (Fsp3) is 0.286. The van der Waals surface area contributed by atoms with Crippen LogP contribution in [0.4, 0.5) is 0 Å². The molecule has 13 heavy (non-hydrogen) atoms. The number of hydrogen-bond acceptors (Lipinski definition) is 5. The zero-order chi connectivity index (χ0) is 9.84. The van der Waals surface area contributed by atoms with Crippen molar-refractivity contribution in [1.82, 2.24) is 9.97 Å². The maximum atomic E-state index is 10.3. The van der Waals surface area contributed by atoms with E-state index in [1.807, 2.05) is 6.07 Å². The smallest absolute Gasteiger partial charge is 0.139 e. The molecule has 0 aliphatic heterocycles. The molecule has 1 aromatic heterocycles. The normalized spacial score (nSPS) is 12.1. The second kappa shape index (κ2) is 4.07. The summed E-state index contributed by atoms with van der Waals surface area (Å²) < 4.78 is 20.6. The van der Waals surface area contributed by atoms with E-state index in [0.29, 0.717) is 11.3 Å². The summed E-state index contributed by atoms with van der Waals surface area (Å²) in [6.45, 7) is 1.64. The van der Waals surface area contributed by atoms with Gasteiger partial charge in [-0.15, -0.1) is 0 Å². The van der Waals surface area contributed by atoms with E-state index in [4.69, 9.17) is 5.26 Å². The van der Waals surface area contributed by atoms with Crippen molar-refractivity contribution in [2.75, 3.05) is 0 Å². The van der Waals surface area contributed by atoms with Gasteiger partial charge in [-0.05, 0) is 18.0 Å². The zero-order valence-corrected chi connectivity index (χ0v) is 7.67. The van der Waals surface area contributed by atoms with E-state index >= 15 is 0 Å². The number of aromatic nitrogens is 2. The fourth-order valence-corrected chi connectivity index (χ4v) is 1.15. The maximum absolute atomic E-state index is 10.3. The van der Waals surface area contributed by atoms with Crippen LogP contribution in [0, 0.1) is 18.3 Å². The molecule has 0 aliphatic carbocycles. The second-order valence-corrected chi connectivity index (χ2v) is 3.24. The van der Waals surface area contributed by atoms with E-state index in [9.17, 15) is 8.76 Å². The van der Waals surface area contributed by atoms with Gasteiger partial charge in [-0.25, -0.2) is 9.97 Å². The summed E-state index contributed by atoms with van der Waals surface area (Å²) in [4.78, 5) is 7.58. The standard InChI is InChI=1S/C7H7N3O2S/c1-5-6(2-8)3-9-7(10-5)4-13(11)12/h3H,4H2,1H3,(H,11,12)/p-1. The second-order valence-electron chi connectivity index (χ2n) is 2.35. The summed E-state index contributed by atoms with van der Waals surface area (Å²) in [6.07, 6.45) is 1.32. The molecule has 1 rings (SSSR count). The van der Waals surface area contributed by atoms with Crippen molar-refractivity contribution >= 4 is 11.1 Å². The lowest BCUT2D eigenvalue weighted by Gasteiger charge is -2.04. The van der Waals surface area contributed by atoms with Crippen LogP contribution in [0.15, 0.2) is 6.20 Å². The average molecular weight is 196 g/mol. The van der Waals surface area contributed by atoms with Crippen LogP contribution in [0.1, 0.15) is 17.1 Å². The fourth-order valence-electron chi connectivity index (χ4n) is 0.800. The zero-order valence-electron chi connectivity index (χ0n) is 6.85. The lowest BCUT2D eigenvalue weighted by Crippen LogP contribution is -2.02. The Morgan fingerprint density at radius 2 is 2.46 bits per heavy atom. The van der Waals surface area contributed by atoms with Crippen molar-refractivity contribution in [3.63, 3.8) is 0 Å². The Labute approximate surface area is 77.7 Å². The third kappa shape index (κ3) is 2.57. The third-order valence-corrected chi connectivity index (χ3v) is 1.89. The molecule has 1 unspecified atom stereocenters. The van der Waals surface area contributed by atoms with E-state index in [1.165, 1.54) is 6.20 Å². The van der Waals surface area contributed by atoms with Crippen LogP contribution < -0.4 is 0 Å². The van der Waals surface area contributed by atoms with Gasteiger partial charge in [-0.1, -0.05) is 0 Å². The molecule has 0 amide bonds. The van der Waals surface area contributed by atoms with Gasteiger partial charge < -0.3 is 4.55 Å². The summed E-state index contributed by atoms with van der Waals surface area (Å²) >= 11 is -2.19. The van der Waals surface area contributed by atoms with E-state index in [-0.39, 0.29) is 11.6 Å². The van der Waals surface area contributed by atoms with Gasteiger partial charge in [0.1, 0.15) is 11.9 Å². The van der Waals surface area contributed by atoms with E-state index in [1.54, 1.807) is 6.92 Å². The molecule has 1 aromatic rings. The molecule has 0 radical (unpaired) electrons. The minimum absolute atomic E-state index is 0.213. The number of rotatable bonds is 2. The Kier molecular flexibility index (Phi) is 3.06. The van der Waals surface area contributed by atoms with Crippen molar-refractivity contribution in [3.05, 3.63) is 23.3 Å². The van der Waals surface area contributed by atoms with Crippen molar-refractivity contribution in [2.45, 2.75) is 12.7 Å². The Bertz CT molecular complexity index is 386. The first kappa shape index (κ1) is 9.77. The molecular formula is C7H6N3O2S-. The van der Waals surface area contributed by atoms with E-state index < -0.39 is 11.1 Å². The Morgan fingerprint density at radius 1 is 1.77 bits per heavy atom. The molecule has 0 N–H and O–H groups in total. The minimum Gasteiger partial charge on any atom is -0.772 e. The van der Waals surface area contributed by atoms with Gasteiger partial charge in [0, 0.05) is 6.20 Å². The topological polar surface area (TPSA) is 89.7 Å². The summed E-state index contributed by atoms with van der Waals surface area (Å²) in [5.74, 6) is -0.00292.